The van der Waals surface area contributed by atoms with E-state index in [1.807, 2.05) is 24.3 Å². The first-order valence-electron chi connectivity index (χ1n) is 11.2. The molecule has 2 N–H and O–H groups in total. The van der Waals surface area contributed by atoms with Gasteiger partial charge < -0.3 is 19.9 Å². The van der Waals surface area contributed by atoms with Crippen molar-refractivity contribution < 1.29 is 4.74 Å². The molecule has 3 heterocycles. The number of fused-ring (bicyclic) bond motifs is 2. The zero-order valence-electron chi connectivity index (χ0n) is 18.3. The summed E-state index contributed by atoms with van der Waals surface area (Å²) in [4.78, 5) is 31.1. The van der Waals surface area contributed by atoms with Gasteiger partial charge >= 0.3 is 0 Å². The van der Waals surface area contributed by atoms with Crippen molar-refractivity contribution in [1.29, 1.82) is 0 Å². The number of benzene rings is 2. The molecule has 8 nitrogen and oxygen atoms in total. The van der Waals surface area contributed by atoms with E-state index in [4.69, 9.17) is 14.7 Å². The molecule has 2 aliphatic rings. The number of nitrogens with zero attached hydrogens (tertiary/aromatic N) is 4. The number of H-pyrrole nitrogens is 1. The fraction of sp³-hybridized carbons (Fsp3) is 0.280. The SMILES string of the molecule is COc1ccc2nc(N3CCc4nc[nH]c(=O)c4C3)nc(N[C@@H]3C[C@H]3c3ccccc3)c2c1. The van der Waals surface area contributed by atoms with E-state index < -0.39 is 0 Å². The number of aromatic nitrogens is 4. The Labute approximate surface area is 190 Å². The summed E-state index contributed by atoms with van der Waals surface area (Å²) in [5.74, 6) is 2.64. The second kappa shape index (κ2) is 7.88. The van der Waals surface area contributed by atoms with Gasteiger partial charge in [-0.1, -0.05) is 30.3 Å². The highest BCUT2D eigenvalue weighted by molar-refractivity contribution is 5.91. The quantitative estimate of drug-likeness (QED) is 0.492. The monoisotopic (exact) mass is 440 g/mol. The third kappa shape index (κ3) is 3.67. The van der Waals surface area contributed by atoms with Crippen molar-refractivity contribution >= 4 is 22.7 Å². The minimum absolute atomic E-state index is 0.0998. The zero-order valence-corrected chi connectivity index (χ0v) is 18.3. The van der Waals surface area contributed by atoms with Crippen molar-refractivity contribution in [2.45, 2.75) is 31.3 Å². The minimum Gasteiger partial charge on any atom is -0.497 e. The van der Waals surface area contributed by atoms with Gasteiger partial charge in [0.15, 0.2) is 0 Å². The standard InChI is InChI=1S/C25H24N6O2/c1-33-16-7-8-21-18(11-16)23(28-22-12-17(22)15-5-3-2-4-6-15)30-25(29-21)31-10-9-20-19(13-31)24(32)27-14-26-20/h2-8,11,14,17,22H,9-10,12-13H2,1H3,(H,26,27,32)(H,28,29,30)/t17-,22+/m0/s1. The molecule has 1 fully saturated rings. The van der Waals surface area contributed by atoms with Gasteiger partial charge in [0, 0.05) is 30.3 Å². The average Bonchev–Trinajstić information content (AvgIpc) is 3.63. The summed E-state index contributed by atoms with van der Waals surface area (Å²) in [6.45, 7) is 1.15. The van der Waals surface area contributed by atoms with Crippen LogP contribution in [0.1, 0.15) is 29.2 Å². The molecule has 166 valence electrons. The average molecular weight is 441 g/mol. The summed E-state index contributed by atoms with van der Waals surface area (Å²) in [5.41, 5.74) is 3.61. The van der Waals surface area contributed by atoms with Crippen molar-refractivity contribution in [3.63, 3.8) is 0 Å². The van der Waals surface area contributed by atoms with Crippen LogP contribution in [0, 0.1) is 0 Å². The Morgan fingerprint density at radius 2 is 2.03 bits per heavy atom. The first kappa shape index (κ1) is 19.7. The Balaban J connectivity index is 1.36. The smallest absolute Gasteiger partial charge is 0.255 e. The lowest BCUT2D eigenvalue weighted by atomic mass is 10.1. The van der Waals surface area contributed by atoms with E-state index in [9.17, 15) is 4.79 Å². The highest BCUT2D eigenvalue weighted by Gasteiger charge is 2.39. The normalized spacial score (nSPS) is 19.2. The van der Waals surface area contributed by atoms with Crippen molar-refractivity contribution in [2.24, 2.45) is 0 Å². The van der Waals surface area contributed by atoms with Crippen LogP contribution in [0.3, 0.4) is 0 Å². The van der Waals surface area contributed by atoms with Gasteiger partial charge in [-0.2, -0.15) is 4.98 Å². The molecule has 0 unspecified atom stereocenters. The lowest BCUT2D eigenvalue weighted by Crippen LogP contribution is -2.36. The largest absolute Gasteiger partial charge is 0.497 e. The van der Waals surface area contributed by atoms with Crippen molar-refractivity contribution in [3.05, 3.63) is 82.0 Å². The predicted molar refractivity (Wildman–Crippen MR) is 127 cm³/mol. The molecular formula is C25H24N6O2. The maximum atomic E-state index is 12.3. The van der Waals surface area contributed by atoms with Crippen LogP contribution in [0.25, 0.3) is 10.9 Å². The number of nitrogens with one attached hydrogen (secondary N) is 2. The summed E-state index contributed by atoms with van der Waals surface area (Å²) in [6, 6.07) is 16.7. The molecule has 6 rings (SSSR count). The Morgan fingerprint density at radius 1 is 1.15 bits per heavy atom. The van der Waals surface area contributed by atoms with Crippen LogP contribution in [-0.4, -0.2) is 39.6 Å². The third-order valence-corrected chi connectivity index (χ3v) is 6.52. The summed E-state index contributed by atoms with van der Waals surface area (Å²) in [7, 11) is 1.66. The maximum absolute atomic E-state index is 12.3. The number of hydrogen-bond donors (Lipinski definition) is 2. The molecule has 0 radical (unpaired) electrons. The lowest BCUT2D eigenvalue weighted by Gasteiger charge is -2.28. The molecule has 2 aromatic heterocycles. The Bertz CT molecular complexity index is 1390. The van der Waals surface area contributed by atoms with Gasteiger partial charge in [0.05, 0.1) is 36.8 Å². The van der Waals surface area contributed by atoms with Crippen LogP contribution < -0.4 is 20.5 Å². The van der Waals surface area contributed by atoms with E-state index in [0.717, 1.165) is 34.6 Å². The maximum Gasteiger partial charge on any atom is 0.255 e. The fourth-order valence-electron chi connectivity index (χ4n) is 4.60. The van der Waals surface area contributed by atoms with Gasteiger partial charge in [0.2, 0.25) is 5.95 Å². The van der Waals surface area contributed by atoms with E-state index in [1.165, 1.54) is 11.9 Å². The molecule has 1 saturated carbocycles. The van der Waals surface area contributed by atoms with Gasteiger partial charge in [-0.25, -0.2) is 9.97 Å². The molecule has 1 aliphatic carbocycles. The van der Waals surface area contributed by atoms with Gasteiger partial charge in [-0.05, 0) is 30.2 Å². The summed E-state index contributed by atoms with van der Waals surface area (Å²) < 4.78 is 5.45. The molecule has 2 aromatic carbocycles. The van der Waals surface area contributed by atoms with Crippen molar-refractivity contribution in [3.8, 4) is 5.75 Å². The Hall–Kier alpha value is -3.94. The Morgan fingerprint density at radius 3 is 2.88 bits per heavy atom. The number of ether oxygens (including phenoxy) is 1. The van der Waals surface area contributed by atoms with Gasteiger partial charge in [-0.15, -0.1) is 0 Å². The van der Waals surface area contributed by atoms with Gasteiger partial charge in [0.25, 0.3) is 5.56 Å². The third-order valence-electron chi connectivity index (χ3n) is 6.52. The molecular weight excluding hydrogens is 416 g/mol. The molecule has 0 amide bonds. The van der Waals surface area contributed by atoms with Crippen molar-refractivity contribution in [1.82, 2.24) is 19.9 Å². The molecule has 0 bridgehead atoms. The van der Waals surface area contributed by atoms with E-state index in [1.54, 1.807) is 7.11 Å². The molecule has 2 atom stereocenters. The highest BCUT2D eigenvalue weighted by atomic mass is 16.5. The van der Waals surface area contributed by atoms with E-state index in [0.29, 0.717) is 43.0 Å². The van der Waals surface area contributed by atoms with Gasteiger partial charge in [0.1, 0.15) is 11.6 Å². The van der Waals surface area contributed by atoms with Crippen molar-refractivity contribution in [2.75, 3.05) is 23.9 Å². The van der Waals surface area contributed by atoms with Crippen LogP contribution in [0.15, 0.2) is 59.7 Å². The fourth-order valence-corrected chi connectivity index (χ4v) is 4.60. The van der Waals surface area contributed by atoms with Crippen LogP contribution in [0.4, 0.5) is 11.8 Å². The zero-order chi connectivity index (χ0) is 22.4. The minimum atomic E-state index is -0.0998. The second-order valence-electron chi connectivity index (χ2n) is 8.59. The van der Waals surface area contributed by atoms with E-state index in [2.05, 4.69) is 44.5 Å². The van der Waals surface area contributed by atoms with Crippen LogP contribution in [-0.2, 0) is 13.0 Å². The van der Waals surface area contributed by atoms with Crippen LogP contribution >= 0.6 is 0 Å². The van der Waals surface area contributed by atoms with Crippen LogP contribution in [0.2, 0.25) is 0 Å². The number of rotatable bonds is 5. The lowest BCUT2D eigenvalue weighted by molar-refractivity contribution is 0.415. The molecule has 1 aliphatic heterocycles. The summed E-state index contributed by atoms with van der Waals surface area (Å²) in [5, 5.41) is 4.58. The number of aromatic amines is 1. The van der Waals surface area contributed by atoms with E-state index >= 15 is 0 Å². The topological polar surface area (TPSA) is 96.0 Å². The second-order valence-corrected chi connectivity index (χ2v) is 8.59. The first-order valence-corrected chi connectivity index (χ1v) is 11.2. The number of hydrogen-bond acceptors (Lipinski definition) is 7. The molecule has 4 aromatic rings. The Kier molecular flexibility index (Phi) is 4.71. The van der Waals surface area contributed by atoms with Crippen LogP contribution in [0.5, 0.6) is 5.75 Å². The molecule has 33 heavy (non-hydrogen) atoms. The predicted octanol–water partition coefficient (Wildman–Crippen LogP) is 3.25. The summed E-state index contributed by atoms with van der Waals surface area (Å²) in [6.07, 6.45) is 3.22. The number of methoxy groups -OCH3 is 1. The molecule has 0 saturated heterocycles. The van der Waals surface area contributed by atoms with Gasteiger partial charge in [-0.3, -0.25) is 4.79 Å². The summed E-state index contributed by atoms with van der Waals surface area (Å²) >= 11 is 0. The molecule has 8 heteroatoms. The van der Waals surface area contributed by atoms with E-state index in [-0.39, 0.29) is 5.56 Å². The molecule has 0 spiro atoms. The first-order chi connectivity index (χ1) is 16.2. The number of anilines is 2. The highest BCUT2D eigenvalue weighted by Crippen LogP contribution is 2.43.